The molecule has 0 N–H and O–H groups in total. The van der Waals surface area contributed by atoms with Crippen LogP contribution in [-0.4, -0.2) is 29.3 Å². The first-order valence-electron chi connectivity index (χ1n) is 7.48. The highest BCUT2D eigenvalue weighted by Crippen LogP contribution is 2.49. The molecule has 1 aromatic rings. The fourth-order valence-corrected chi connectivity index (χ4v) is 2.31. The fraction of sp³-hybridized carbons (Fsp3) is 0.800. The minimum Gasteiger partial charge on any atom is -0.465 e. The van der Waals surface area contributed by atoms with Gasteiger partial charge in [-0.3, -0.25) is 4.79 Å². The Morgan fingerprint density at radius 2 is 2.00 bits per heavy atom. The zero-order chi connectivity index (χ0) is 15.7. The van der Waals surface area contributed by atoms with E-state index in [4.69, 9.17) is 14.0 Å². The molecule has 1 fully saturated rings. The lowest BCUT2D eigenvalue weighted by Gasteiger charge is -2.27. The molecule has 1 aliphatic rings. The highest BCUT2D eigenvalue weighted by molar-refractivity contribution is 5.85. The van der Waals surface area contributed by atoms with Crippen molar-refractivity contribution in [1.29, 1.82) is 0 Å². The lowest BCUT2D eigenvalue weighted by atomic mass is 9.88. The molecule has 0 aromatic carbocycles. The zero-order valence-electron chi connectivity index (χ0n) is 13.4. The Morgan fingerprint density at radius 3 is 2.48 bits per heavy atom. The van der Waals surface area contributed by atoms with E-state index >= 15 is 0 Å². The molecule has 1 aromatic heterocycles. The van der Waals surface area contributed by atoms with E-state index in [-0.39, 0.29) is 17.5 Å². The molecule has 1 aliphatic carbocycles. The van der Waals surface area contributed by atoms with Crippen molar-refractivity contribution in [2.75, 3.05) is 13.2 Å². The van der Waals surface area contributed by atoms with Crippen LogP contribution in [-0.2, 0) is 19.7 Å². The number of esters is 1. The maximum absolute atomic E-state index is 12.0. The highest BCUT2D eigenvalue weighted by Gasteiger charge is 2.58. The van der Waals surface area contributed by atoms with E-state index in [1.807, 2.05) is 6.92 Å². The first-order valence-corrected chi connectivity index (χ1v) is 7.48. The van der Waals surface area contributed by atoms with Crippen molar-refractivity contribution < 1.29 is 18.8 Å². The first kappa shape index (κ1) is 15.9. The normalized spacial score (nSPS) is 18.3. The molecule has 1 atom stereocenters. The van der Waals surface area contributed by atoms with Gasteiger partial charge in [-0.2, -0.15) is 4.98 Å². The van der Waals surface area contributed by atoms with E-state index in [1.54, 1.807) is 6.92 Å². The van der Waals surface area contributed by atoms with E-state index < -0.39 is 5.41 Å². The number of carbonyl (C=O) groups is 1. The Balaban J connectivity index is 2.23. The average Bonchev–Trinajstić information content (AvgIpc) is 3.08. The highest BCUT2D eigenvalue weighted by atomic mass is 16.5. The lowest BCUT2D eigenvalue weighted by Crippen LogP contribution is -2.25. The first-order chi connectivity index (χ1) is 9.85. The number of nitrogens with zero attached hydrogens (tertiary/aromatic N) is 2. The molecule has 0 amide bonds. The Kier molecular flexibility index (Phi) is 4.37. The van der Waals surface area contributed by atoms with E-state index in [9.17, 15) is 4.79 Å². The maximum atomic E-state index is 12.0. The standard InChI is InChI=1S/C15H24N2O4/c1-6-19-10(14(3,4)5)11-16-12(21-17-11)15(8-9-15)13(18)20-7-2/h10H,6-9H2,1-5H3. The van der Waals surface area contributed by atoms with Crippen molar-refractivity contribution >= 4 is 5.97 Å². The van der Waals surface area contributed by atoms with E-state index in [0.29, 0.717) is 37.8 Å². The van der Waals surface area contributed by atoms with Gasteiger partial charge in [0.25, 0.3) is 0 Å². The molecule has 0 spiro atoms. The van der Waals surface area contributed by atoms with Crippen LogP contribution in [0.15, 0.2) is 4.52 Å². The predicted molar refractivity (Wildman–Crippen MR) is 75.7 cm³/mol. The zero-order valence-corrected chi connectivity index (χ0v) is 13.4. The van der Waals surface area contributed by atoms with Crippen LogP contribution < -0.4 is 0 Å². The van der Waals surface area contributed by atoms with Crippen LogP contribution in [0.3, 0.4) is 0 Å². The van der Waals surface area contributed by atoms with Gasteiger partial charge in [0.2, 0.25) is 11.7 Å². The van der Waals surface area contributed by atoms with Crippen LogP contribution in [0.4, 0.5) is 0 Å². The van der Waals surface area contributed by atoms with Gasteiger partial charge in [-0.15, -0.1) is 0 Å². The lowest BCUT2D eigenvalue weighted by molar-refractivity contribution is -0.146. The molecular formula is C15H24N2O4. The summed E-state index contributed by atoms with van der Waals surface area (Å²) in [7, 11) is 0. The molecule has 21 heavy (non-hydrogen) atoms. The number of ether oxygens (including phenoxy) is 2. The molecule has 118 valence electrons. The summed E-state index contributed by atoms with van der Waals surface area (Å²) in [5.74, 6) is 0.573. The van der Waals surface area contributed by atoms with Gasteiger partial charge in [-0.05, 0) is 32.1 Å². The largest absolute Gasteiger partial charge is 0.465 e. The molecule has 0 saturated heterocycles. The molecule has 0 bridgehead atoms. The summed E-state index contributed by atoms with van der Waals surface area (Å²) in [5.41, 5.74) is -0.881. The Bertz CT molecular complexity index is 500. The van der Waals surface area contributed by atoms with Crippen molar-refractivity contribution in [3.8, 4) is 0 Å². The molecule has 1 unspecified atom stereocenters. The number of hydrogen-bond donors (Lipinski definition) is 0. The van der Waals surface area contributed by atoms with E-state index in [2.05, 4.69) is 30.9 Å². The SMILES string of the molecule is CCOC(=O)C1(c2nc(C(OCC)C(C)(C)C)no2)CC1. The molecule has 6 nitrogen and oxygen atoms in total. The Hall–Kier alpha value is -1.43. The molecule has 0 aliphatic heterocycles. The van der Waals surface area contributed by atoms with Crippen molar-refractivity contribution in [1.82, 2.24) is 10.1 Å². The van der Waals surface area contributed by atoms with Crippen molar-refractivity contribution in [2.45, 2.75) is 59.0 Å². The number of carbonyl (C=O) groups excluding carboxylic acids is 1. The summed E-state index contributed by atoms with van der Waals surface area (Å²) in [6.07, 6.45) is 1.13. The third-order valence-corrected chi connectivity index (χ3v) is 3.62. The minimum atomic E-state index is -0.726. The van der Waals surface area contributed by atoms with E-state index in [0.717, 1.165) is 0 Å². The second-order valence-electron chi connectivity index (χ2n) is 6.46. The van der Waals surface area contributed by atoms with Gasteiger partial charge in [0.05, 0.1) is 6.61 Å². The summed E-state index contributed by atoms with van der Waals surface area (Å²) < 4.78 is 16.2. The summed E-state index contributed by atoms with van der Waals surface area (Å²) in [6.45, 7) is 10.8. The number of rotatable bonds is 6. The van der Waals surface area contributed by atoms with Crippen LogP contribution in [0.5, 0.6) is 0 Å². The van der Waals surface area contributed by atoms with Crippen LogP contribution in [0.25, 0.3) is 0 Å². The summed E-state index contributed by atoms with van der Waals surface area (Å²) in [6, 6.07) is 0. The second kappa shape index (κ2) is 5.75. The topological polar surface area (TPSA) is 74.5 Å². The predicted octanol–water partition coefficient (Wildman–Crippen LogP) is 2.79. The Morgan fingerprint density at radius 1 is 1.33 bits per heavy atom. The van der Waals surface area contributed by atoms with Crippen LogP contribution >= 0.6 is 0 Å². The van der Waals surface area contributed by atoms with Gasteiger partial charge < -0.3 is 14.0 Å². The third-order valence-electron chi connectivity index (χ3n) is 3.62. The molecule has 0 radical (unpaired) electrons. The second-order valence-corrected chi connectivity index (χ2v) is 6.46. The van der Waals surface area contributed by atoms with Gasteiger partial charge in [0.1, 0.15) is 11.5 Å². The third kappa shape index (κ3) is 3.10. The molecule has 1 heterocycles. The molecule has 1 saturated carbocycles. The monoisotopic (exact) mass is 296 g/mol. The minimum absolute atomic E-state index is 0.155. The van der Waals surface area contributed by atoms with Crippen molar-refractivity contribution in [3.63, 3.8) is 0 Å². The molecule has 6 heteroatoms. The quantitative estimate of drug-likeness (QED) is 0.751. The smallest absolute Gasteiger partial charge is 0.321 e. The van der Waals surface area contributed by atoms with Crippen molar-refractivity contribution in [3.05, 3.63) is 11.7 Å². The maximum Gasteiger partial charge on any atom is 0.321 e. The van der Waals surface area contributed by atoms with Gasteiger partial charge in [0.15, 0.2) is 0 Å². The van der Waals surface area contributed by atoms with E-state index in [1.165, 1.54) is 0 Å². The van der Waals surface area contributed by atoms with Crippen LogP contribution in [0, 0.1) is 5.41 Å². The van der Waals surface area contributed by atoms with Gasteiger partial charge in [-0.25, -0.2) is 0 Å². The molecule has 2 rings (SSSR count). The van der Waals surface area contributed by atoms with Gasteiger partial charge >= 0.3 is 5.97 Å². The number of aromatic nitrogens is 2. The fourth-order valence-electron chi connectivity index (χ4n) is 2.31. The Labute approximate surface area is 125 Å². The van der Waals surface area contributed by atoms with Crippen LogP contribution in [0.1, 0.15) is 65.3 Å². The number of hydrogen-bond acceptors (Lipinski definition) is 6. The summed E-state index contributed by atoms with van der Waals surface area (Å²) >= 11 is 0. The summed E-state index contributed by atoms with van der Waals surface area (Å²) in [5, 5.41) is 4.03. The van der Waals surface area contributed by atoms with Gasteiger partial charge in [-0.1, -0.05) is 25.9 Å². The van der Waals surface area contributed by atoms with Crippen molar-refractivity contribution in [2.24, 2.45) is 5.41 Å². The summed E-state index contributed by atoms with van der Waals surface area (Å²) in [4.78, 5) is 16.5. The average molecular weight is 296 g/mol. The molecular weight excluding hydrogens is 272 g/mol. The van der Waals surface area contributed by atoms with Gasteiger partial charge in [0, 0.05) is 6.61 Å². The van der Waals surface area contributed by atoms with Crippen LogP contribution in [0.2, 0.25) is 0 Å².